The van der Waals surface area contributed by atoms with E-state index in [2.05, 4.69) is 29.6 Å². The fourth-order valence-electron chi connectivity index (χ4n) is 3.42. The van der Waals surface area contributed by atoms with Gasteiger partial charge < -0.3 is 15.0 Å². The molecule has 0 atom stereocenters. The molecule has 144 valence electrons. The maximum absolute atomic E-state index is 12.3. The number of carbonyl (C=O) groups excluding carboxylic acids is 1. The number of likely N-dealkylation sites (tertiary alicyclic amines) is 1. The molecule has 1 fully saturated rings. The Bertz CT molecular complexity index is 727. The highest BCUT2D eigenvalue weighted by Crippen LogP contribution is 2.21. The molecule has 0 bridgehead atoms. The van der Waals surface area contributed by atoms with Crippen molar-refractivity contribution in [3.8, 4) is 5.75 Å². The number of ether oxygens (including phenoxy) is 1. The molecule has 4 nitrogen and oxygen atoms in total. The van der Waals surface area contributed by atoms with Gasteiger partial charge in [0.1, 0.15) is 12.3 Å². The van der Waals surface area contributed by atoms with E-state index in [9.17, 15) is 4.79 Å². The van der Waals surface area contributed by atoms with Gasteiger partial charge in [0.2, 0.25) is 5.91 Å². The van der Waals surface area contributed by atoms with Crippen molar-refractivity contribution in [3.63, 3.8) is 0 Å². The SMILES string of the molecule is CCOc1ccc(SCC(=O)NCc2ccccc2C[NH+]2CCCC2)cc1. The average molecular weight is 386 g/mol. The Hall–Kier alpha value is -1.98. The number of carbonyl (C=O) groups is 1. The first-order valence-corrected chi connectivity index (χ1v) is 10.8. The largest absolute Gasteiger partial charge is 0.494 e. The minimum atomic E-state index is 0.0669. The van der Waals surface area contributed by atoms with Crippen molar-refractivity contribution in [1.29, 1.82) is 0 Å². The molecule has 1 amide bonds. The molecular weight excluding hydrogens is 356 g/mol. The van der Waals surface area contributed by atoms with Gasteiger partial charge in [-0.25, -0.2) is 0 Å². The molecule has 2 aromatic rings. The van der Waals surface area contributed by atoms with Gasteiger partial charge in [0, 0.05) is 29.8 Å². The van der Waals surface area contributed by atoms with E-state index in [1.165, 1.54) is 37.1 Å². The number of rotatable bonds is 9. The van der Waals surface area contributed by atoms with Crippen molar-refractivity contribution in [2.45, 2.75) is 37.8 Å². The summed E-state index contributed by atoms with van der Waals surface area (Å²) in [5, 5.41) is 3.07. The molecule has 1 saturated heterocycles. The average Bonchev–Trinajstić information content (AvgIpc) is 3.20. The molecule has 0 unspecified atom stereocenters. The van der Waals surface area contributed by atoms with Crippen molar-refractivity contribution >= 4 is 17.7 Å². The molecule has 0 radical (unpaired) electrons. The summed E-state index contributed by atoms with van der Waals surface area (Å²) < 4.78 is 5.44. The number of hydrogen-bond donors (Lipinski definition) is 2. The zero-order valence-corrected chi connectivity index (χ0v) is 16.8. The Morgan fingerprint density at radius 3 is 2.48 bits per heavy atom. The molecule has 5 heteroatoms. The van der Waals surface area contributed by atoms with Gasteiger partial charge >= 0.3 is 0 Å². The van der Waals surface area contributed by atoms with E-state index in [-0.39, 0.29) is 5.91 Å². The number of thioether (sulfide) groups is 1. The number of quaternary nitrogens is 1. The standard InChI is InChI=1S/C22H28N2O2S/c1-2-26-20-9-11-21(12-10-20)27-17-22(25)23-15-18-7-3-4-8-19(18)16-24-13-5-6-14-24/h3-4,7-12H,2,5-6,13-17H2,1H3,(H,23,25)/p+1. The zero-order valence-electron chi connectivity index (χ0n) is 16.0. The van der Waals surface area contributed by atoms with Gasteiger partial charge in [-0.1, -0.05) is 24.3 Å². The molecule has 27 heavy (non-hydrogen) atoms. The summed E-state index contributed by atoms with van der Waals surface area (Å²) in [6.45, 7) is 6.82. The van der Waals surface area contributed by atoms with Crippen LogP contribution in [0, 0.1) is 0 Å². The minimum absolute atomic E-state index is 0.0669. The maximum Gasteiger partial charge on any atom is 0.230 e. The van der Waals surface area contributed by atoms with E-state index in [1.807, 2.05) is 31.2 Å². The summed E-state index contributed by atoms with van der Waals surface area (Å²) in [5.41, 5.74) is 2.59. The predicted octanol–water partition coefficient (Wildman–Crippen LogP) is 2.67. The van der Waals surface area contributed by atoms with Gasteiger partial charge in [-0.05, 0) is 36.8 Å². The summed E-state index contributed by atoms with van der Waals surface area (Å²) in [4.78, 5) is 15.0. The summed E-state index contributed by atoms with van der Waals surface area (Å²) in [5.74, 6) is 1.35. The molecule has 2 N–H and O–H groups in total. The third kappa shape index (κ3) is 6.29. The van der Waals surface area contributed by atoms with Crippen molar-refractivity contribution < 1.29 is 14.4 Å². The molecule has 0 spiro atoms. The molecule has 1 aliphatic heterocycles. The first-order valence-electron chi connectivity index (χ1n) is 9.77. The van der Waals surface area contributed by atoms with Crippen LogP contribution in [0.15, 0.2) is 53.4 Å². The van der Waals surface area contributed by atoms with Gasteiger partial charge in [0.05, 0.1) is 25.4 Å². The van der Waals surface area contributed by atoms with Crippen LogP contribution in [0.1, 0.15) is 30.9 Å². The van der Waals surface area contributed by atoms with Crippen LogP contribution < -0.4 is 15.0 Å². The summed E-state index contributed by atoms with van der Waals surface area (Å²) in [7, 11) is 0. The van der Waals surface area contributed by atoms with Gasteiger partial charge in [-0.15, -0.1) is 11.8 Å². The Kier molecular flexibility index (Phi) is 7.60. The lowest BCUT2D eigenvalue weighted by molar-refractivity contribution is -0.901. The second-order valence-electron chi connectivity index (χ2n) is 6.87. The smallest absolute Gasteiger partial charge is 0.230 e. The lowest BCUT2D eigenvalue weighted by atomic mass is 10.1. The van der Waals surface area contributed by atoms with Gasteiger partial charge in [-0.2, -0.15) is 0 Å². The normalized spacial score (nSPS) is 14.3. The summed E-state index contributed by atoms with van der Waals surface area (Å²) >= 11 is 1.55. The van der Waals surface area contributed by atoms with Crippen LogP contribution in [0.25, 0.3) is 0 Å². The van der Waals surface area contributed by atoms with E-state index >= 15 is 0 Å². The minimum Gasteiger partial charge on any atom is -0.494 e. The quantitative estimate of drug-likeness (QED) is 0.652. The summed E-state index contributed by atoms with van der Waals surface area (Å²) in [6, 6.07) is 16.4. The zero-order chi connectivity index (χ0) is 18.9. The Morgan fingerprint density at radius 1 is 1.07 bits per heavy atom. The lowest BCUT2D eigenvalue weighted by Gasteiger charge is -2.15. The van der Waals surface area contributed by atoms with Crippen molar-refractivity contribution in [2.24, 2.45) is 0 Å². The van der Waals surface area contributed by atoms with Crippen LogP contribution in [0.2, 0.25) is 0 Å². The molecular formula is C22H29N2O2S+. The highest BCUT2D eigenvalue weighted by Gasteiger charge is 2.17. The first kappa shape index (κ1) is 19.8. The molecule has 0 aliphatic carbocycles. The van der Waals surface area contributed by atoms with Crippen molar-refractivity contribution in [1.82, 2.24) is 5.32 Å². The van der Waals surface area contributed by atoms with Crippen molar-refractivity contribution in [2.75, 3.05) is 25.4 Å². The molecule has 0 saturated carbocycles. The Balaban J connectivity index is 1.46. The Labute approximate surface area is 166 Å². The highest BCUT2D eigenvalue weighted by atomic mass is 32.2. The monoisotopic (exact) mass is 385 g/mol. The number of hydrogen-bond acceptors (Lipinski definition) is 3. The molecule has 3 rings (SSSR count). The second-order valence-corrected chi connectivity index (χ2v) is 7.92. The van der Waals surface area contributed by atoms with Crippen LogP contribution in [-0.2, 0) is 17.9 Å². The van der Waals surface area contributed by atoms with Gasteiger partial charge in [0.15, 0.2) is 0 Å². The van der Waals surface area contributed by atoms with Crippen LogP contribution in [0.4, 0.5) is 0 Å². The third-order valence-corrected chi connectivity index (χ3v) is 5.86. The predicted molar refractivity (Wildman–Crippen MR) is 110 cm³/mol. The van der Waals surface area contributed by atoms with Gasteiger partial charge in [0.25, 0.3) is 0 Å². The molecule has 0 aromatic heterocycles. The van der Waals surface area contributed by atoms with Crippen molar-refractivity contribution in [3.05, 3.63) is 59.7 Å². The fraction of sp³-hybridized carbons (Fsp3) is 0.409. The highest BCUT2D eigenvalue weighted by molar-refractivity contribution is 8.00. The first-order chi connectivity index (χ1) is 13.2. The van der Waals surface area contributed by atoms with E-state index in [0.717, 1.165) is 17.2 Å². The number of benzene rings is 2. The second kappa shape index (κ2) is 10.4. The lowest BCUT2D eigenvalue weighted by Crippen LogP contribution is -3.08. The molecule has 1 aliphatic rings. The number of amides is 1. The third-order valence-electron chi connectivity index (χ3n) is 4.85. The maximum atomic E-state index is 12.3. The van der Waals surface area contributed by atoms with Crippen LogP contribution in [0.5, 0.6) is 5.75 Å². The topological polar surface area (TPSA) is 42.8 Å². The van der Waals surface area contributed by atoms with Crippen LogP contribution >= 0.6 is 11.8 Å². The van der Waals surface area contributed by atoms with Gasteiger partial charge in [-0.3, -0.25) is 4.79 Å². The van der Waals surface area contributed by atoms with Crippen LogP contribution in [-0.4, -0.2) is 31.4 Å². The van der Waals surface area contributed by atoms with E-state index in [4.69, 9.17) is 4.74 Å². The molecule has 1 heterocycles. The summed E-state index contributed by atoms with van der Waals surface area (Å²) in [6.07, 6.45) is 2.66. The van der Waals surface area contributed by atoms with E-state index < -0.39 is 0 Å². The van der Waals surface area contributed by atoms with E-state index in [1.54, 1.807) is 16.7 Å². The van der Waals surface area contributed by atoms with E-state index in [0.29, 0.717) is 18.9 Å². The van der Waals surface area contributed by atoms with Crippen LogP contribution in [0.3, 0.4) is 0 Å². The fourth-order valence-corrected chi connectivity index (χ4v) is 4.14. The Morgan fingerprint density at radius 2 is 1.78 bits per heavy atom. The molecule has 2 aromatic carbocycles. The number of nitrogens with one attached hydrogen (secondary N) is 2.